The van der Waals surface area contributed by atoms with E-state index in [4.69, 9.17) is 20.3 Å². The topological polar surface area (TPSA) is 95.5 Å². The molecule has 2 aromatic heterocycles. The third-order valence-electron chi connectivity index (χ3n) is 7.02. The highest BCUT2D eigenvalue weighted by atomic mass is 19.1. The minimum Gasteiger partial charge on any atom is -0.482 e. The van der Waals surface area contributed by atoms with Crippen molar-refractivity contribution < 1.29 is 23.0 Å². The first-order valence-corrected chi connectivity index (χ1v) is 12.4. The van der Waals surface area contributed by atoms with Gasteiger partial charge in [0.2, 0.25) is 0 Å². The zero-order valence-electron chi connectivity index (χ0n) is 21.4. The van der Waals surface area contributed by atoms with E-state index >= 15 is 0 Å². The van der Waals surface area contributed by atoms with Crippen LogP contribution in [0.2, 0.25) is 0 Å². The van der Waals surface area contributed by atoms with Crippen LogP contribution in [0.1, 0.15) is 57.9 Å². The number of nitrogen functional groups attached to an aromatic ring is 1. The van der Waals surface area contributed by atoms with E-state index in [2.05, 4.69) is 4.98 Å². The van der Waals surface area contributed by atoms with E-state index in [9.17, 15) is 13.6 Å². The second-order valence-corrected chi connectivity index (χ2v) is 10.8. The van der Waals surface area contributed by atoms with Crippen molar-refractivity contribution in [3.8, 4) is 17.0 Å². The number of anilines is 1. The lowest BCUT2D eigenvalue weighted by Crippen LogP contribution is -2.37. The number of carbonyl (C=O) groups is 1. The van der Waals surface area contributed by atoms with E-state index in [-0.39, 0.29) is 28.6 Å². The fourth-order valence-corrected chi connectivity index (χ4v) is 5.21. The van der Waals surface area contributed by atoms with Gasteiger partial charge >= 0.3 is 6.09 Å². The van der Waals surface area contributed by atoms with Gasteiger partial charge in [0.25, 0.3) is 0 Å². The van der Waals surface area contributed by atoms with Crippen LogP contribution in [0.15, 0.2) is 36.5 Å². The van der Waals surface area contributed by atoms with Crippen LogP contribution in [-0.4, -0.2) is 44.4 Å². The maximum Gasteiger partial charge on any atom is 0.410 e. The fourth-order valence-electron chi connectivity index (χ4n) is 5.21. The Kier molecular flexibility index (Phi) is 6.08. The van der Waals surface area contributed by atoms with E-state index in [0.29, 0.717) is 24.3 Å². The highest BCUT2D eigenvalue weighted by Gasteiger charge is 2.47. The third kappa shape index (κ3) is 4.72. The second kappa shape index (κ2) is 9.00. The summed E-state index contributed by atoms with van der Waals surface area (Å²) in [6.45, 7) is 9.08. The summed E-state index contributed by atoms with van der Waals surface area (Å²) in [6, 6.07) is 7.38. The molecule has 2 aliphatic heterocycles. The molecular formula is C27H31F2N5O3. The summed E-state index contributed by atoms with van der Waals surface area (Å²) >= 11 is 0. The molecule has 3 aromatic rings. The molecule has 2 atom stereocenters. The number of ether oxygens (including phenoxy) is 2. The molecule has 5 rings (SSSR count). The number of aromatic nitrogens is 3. The number of amides is 1. The molecule has 0 radical (unpaired) electrons. The van der Waals surface area contributed by atoms with Crippen LogP contribution in [-0.2, 0) is 16.7 Å². The highest BCUT2D eigenvalue weighted by Crippen LogP contribution is 2.44. The lowest BCUT2D eigenvalue weighted by atomic mass is 9.82. The lowest BCUT2D eigenvalue weighted by Gasteiger charge is -2.26. The quantitative estimate of drug-likeness (QED) is 0.516. The smallest absolute Gasteiger partial charge is 0.410 e. The van der Waals surface area contributed by atoms with Crippen molar-refractivity contribution >= 4 is 11.9 Å². The zero-order chi connectivity index (χ0) is 26.5. The van der Waals surface area contributed by atoms with Crippen molar-refractivity contribution in [3.05, 3.63) is 59.4 Å². The van der Waals surface area contributed by atoms with Crippen molar-refractivity contribution in [1.82, 2.24) is 19.7 Å². The Morgan fingerprint density at radius 1 is 1.16 bits per heavy atom. The average molecular weight is 512 g/mol. The summed E-state index contributed by atoms with van der Waals surface area (Å²) in [5.74, 6) is -1.06. The molecule has 4 heterocycles. The summed E-state index contributed by atoms with van der Waals surface area (Å²) in [7, 11) is 0. The van der Waals surface area contributed by atoms with Crippen LogP contribution in [0, 0.1) is 11.6 Å². The largest absolute Gasteiger partial charge is 0.482 e. The third-order valence-corrected chi connectivity index (χ3v) is 7.02. The van der Waals surface area contributed by atoms with Gasteiger partial charge in [-0.05, 0) is 64.8 Å². The van der Waals surface area contributed by atoms with Crippen molar-refractivity contribution in [3.63, 3.8) is 0 Å². The highest BCUT2D eigenvalue weighted by molar-refractivity contribution is 5.69. The number of hydrogen-bond donors (Lipinski definition) is 1. The predicted molar refractivity (Wildman–Crippen MR) is 134 cm³/mol. The molecule has 196 valence electrons. The van der Waals surface area contributed by atoms with E-state index < -0.39 is 23.3 Å². The van der Waals surface area contributed by atoms with E-state index in [1.165, 1.54) is 18.2 Å². The Bertz CT molecular complexity index is 1330. The predicted octanol–water partition coefficient (Wildman–Crippen LogP) is 5.23. The van der Waals surface area contributed by atoms with Crippen LogP contribution < -0.4 is 10.5 Å². The minimum atomic E-state index is -0.923. The Morgan fingerprint density at radius 3 is 2.57 bits per heavy atom. The number of aryl methyl sites for hydroxylation is 1. The first-order chi connectivity index (χ1) is 17.5. The SMILES string of the molecule is C[C@@H](Oc1cc(-c2cc3n(n2)CC[C@@]32CCN(C(=O)OC(C)(C)C)C2)cnc1N)c1c(F)cccc1F. The normalized spacial score (nSPS) is 19.8. The van der Waals surface area contributed by atoms with Gasteiger partial charge in [-0.25, -0.2) is 18.6 Å². The number of likely N-dealkylation sites (tertiary alicyclic amines) is 1. The number of pyridine rings is 1. The van der Waals surface area contributed by atoms with Gasteiger partial charge in [-0.1, -0.05) is 6.07 Å². The van der Waals surface area contributed by atoms with Crippen molar-refractivity contribution in [2.75, 3.05) is 18.8 Å². The number of fused-ring (bicyclic) bond motifs is 2. The van der Waals surface area contributed by atoms with Gasteiger partial charge in [0.15, 0.2) is 11.6 Å². The summed E-state index contributed by atoms with van der Waals surface area (Å²) in [5, 5.41) is 4.77. The van der Waals surface area contributed by atoms with Gasteiger partial charge in [-0.15, -0.1) is 0 Å². The second-order valence-electron chi connectivity index (χ2n) is 10.8. The molecule has 10 heteroatoms. The van der Waals surface area contributed by atoms with Crippen molar-refractivity contribution in [1.29, 1.82) is 0 Å². The van der Waals surface area contributed by atoms with Gasteiger partial charge in [-0.3, -0.25) is 4.68 Å². The maximum absolute atomic E-state index is 14.2. The summed E-state index contributed by atoms with van der Waals surface area (Å²) in [4.78, 5) is 18.6. The standard InChI is InChI=1S/C27H31F2N5O3/c1-16(23-18(28)6-5-7-19(23)29)36-21-12-17(14-31-24(21)30)20-13-22-27(9-11-34(22)32-20)8-10-33(15-27)25(35)37-26(2,3)4/h5-7,12-14,16H,8-11,15H2,1-4H3,(H2,30,31)/t16-,27-/m1/s1. The molecule has 1 fully saturated rings. The molecule has 1 saturated heterocycles. The molecule has 37 heavy (non-hydrogen) atoms. The molecule has 0 saturated carbocycles. The van der Waals surface area contributed by atoms with Crippen LogP contribution in [0.5, 0.6) is 5.75 Å². The zero-order valence-corrected chi connectivity index (χ0v) is 21.4. The Hall–Kier alpha value is -3.69. The summed E-state index contributed by atoms with van der Waals surface area (Å²) < 4.78 is 41.9. The van der Waals surface area contributed by atoms with Gasteiger partial charge < -0.3 is 20.1 Å². The molecule has 2 aliphatic rings. The molecular weight excluding hydrogens is 480 g/mol. The minimum absolute atomic E-state index is 0.111. The Morgan fingerprint density at radius 2 is 1.86 bits per heavy atom. The summed E-state index contributed by atoms with van der Waals surface area (Å²) in [5.41, 5.74) is 7.55. The van der Waals surface area contributed by atoms with E-state index in [0.717, 1.165) is 25.1 Å². The first-order valence-electron chi connectivity index (χ1n) is 12.4. The maximum atomic E-state index is 14.2. The van der Waals surface area contributed by atoms with Gasteiger partial charge in [0.1, 0.15) is 23.3 Å². The number of carbonyl (C=O) groups excluding carboxylic acids is 1. The Labute approximate surface area is 214 Å². The number of nitrogens with two attached hydrogens (primary N) is 1. The molecule has 8 nitrogen and oxygen atoms in total. The number of hydrogen-bond acceptors (Lipinski definition) is 6. The number of nitrogens with zero attached hydrogens (tertiary/aromatic N) is 4. The van der Waals surface area contributed by atoms with Crippen molar-refractivity contribution in [2.24, 2.45) is 0 Å². The lowest BCUT2D eigenvalue weighted by molar-refractivity contribution is 0.0284. The fraction of sp³-hybridized carbons (Fsp3) is 0.444. The summed E-state index contributed by atoms with van der Waals surface area (Å²) in [6.07, 6.45) is 2.11. The molecule has 1 spiro atoms. The number of halogens is 2. The van der Waals surface area contributed by atoms with Crippen LogP contribution >= 0.6 is 0 Å². The molecule has 2 N–H and O–H groups in total. The van der Waals surface area contributed by atoms with Gasteiger partial charge in [0.05, 0.1) is 11.3 Å². The molecule has 0 bridgehead atoms. The van der Waals surface area contributed by atoms with Gasteiger partial charge in [0, 0.05) is 42.5 Å². The molecule has 0 aliphatic carbocycles. The molecule has 1 aromatic carbocycles. The average Bonchev–Trinajstić information content (AvgIpc) is 3.51. The van der Waals surface area contributed by atoms with Crippen LogP contribution in [0.3, 0.4) is 0 Å². The Balaban J connectivity index is 1.38. The van der Waals surface area contributed by atoms with Crippen LogP contribution in [0.25, 0.3) is 11.3 Å². The number of rotatable bonds is 4. The van der Waals surface area contributed by atoms with Gasteiger partial charge in [-0.2, -0.15) is 5.10 Å². The van der Waals surface area contributed by atoms with Crippen molar-refractivity contribution in [2.45, 2.75) is 64.2 Å². The van der Waals surface area contributed by atoms with Crippen LogP contribution in [0.4, 0.5) is 19.4 Å². The van der Waals surface area contributed by atoms with E-state index in [1.54, 1.807) is 24.1 Å². The number of benzene rings is 1. The first kappa shape index (κ1) is 25.0. The molecule has 0 unspecified atom stereocenters. The monoisotopic (exact) mass is 511 g/mol. The van der Waals surface area contributed by atoms with E-state index in [1.807, 2.05) is 31.5 Å². The molecule has 1 amide bonds.